The maximum atomic E-state index is 12.0. The Morgan fingerprint density at radius 3 is 2.48 bits per heavy atom. The van der Waals surface area contributed by atoms with Crippen LogP contribution in [0.15, 0.2) is 48.5 Å². The second-order valence-electron chi connectivity index (χ2n) is 5.89. The number of hydrogen-bond donors (Lipinski definition) is 2. The molecule has 0 saturated carbocycles. The fourth-order valence-corrected chi connectivity index (χ4v) is 2.59. The van der Waals surface area contributed by atoms with Gasteiger partial charge in [0.15, 0.2) is 0 Å². The zero-order valence-electron chi connectivity index (χ0n) is 15.0. The lowest BCUT2D eigenvalue weighted by Crippen LogP contribution is -2.36. The highest BCUT2D eigenvalue weighted by Gasteiger charge is 2.08. The van der Waals surface area contributed by atoms with Gasteiger partial charge in [-0.25, -0.2) is 4.79 Å². The largest absolute Gasteiger partial charge is 0.497 e. The van der Waals surface area contributed by atoms with Gasteiger partial charge in [-0.3, -0.25) is 0 Å². The molecule has 2 aromatic carbocycles. The van der Waals surface area contributed by atoms with Gasteiger partial charge >= 0.3 is 6.03 Å². The molecule has 0 fully saturated rings. The smallest absolute Gasteiger partial charge is 0.315 e. The van der Waals surface area contributed by atoms with E-state index in [2.05, 4.69) is 29.7 Å². The number of rotatable bonds is 8. The second kappa shape index (κ2) is 9.57. The van der Waals surface area contributed by atoms with Crippen molar-refractivity contribution in [3.05, 3.63) is 59.7 Å². The Morgan fingerprint density at radius 1 is 1.04 bits per heavy atom. The van der Waals surface area contributed by atoms with Gasteiger partial charge in [-0.05, 0) is 30.0 Å². The summed E-state index contributed by atoms with van der Waals surface area (Å²) in [6.45, 7) is 3.19. The first-order valence-corrected chi connectivity index (χ1v) is 8.41. The van der Waals surface area contributed by atoms with Crippen LogP contribution in [0.3, 0.4) is 0 Å². The minimum absolute atomic E-state index is 0.182. The first-order chi connectivity index (χ1) is 12.1. The third-order valence-corrected chi connectivity index (χ3v) is 4.17. The van der Waals surface area contributed by atoms with Crippen LogP contribution < -0.4 is 20.1 Å². The average molecular weight is 342 g/mol. The number of amides is 2. The van der Waals surface area contributed by atoms with Crippen LogP contribution in [0.1, 0.15) is 30.4 Å². The molecule has 0 aliphatic heterocycles. The van der Waals surface area contributed by atoms with Crippen molar-refractivity contribution in [2.24, 2.45) is 0 Å². The maximum Gasteiger partial charge on any atom is 0.315 e. The van der Waals surface area contributed by atoms with E-state index in [0.29, 0.717) is 24.8 Å². The Hall–Kier alpha value is -2.69. The van der Waals surface area contributed by atoms with Crippen molar-refractivity contribution in [1.82, 2.24) is 10.6 Å². The van der Waals surface area contributed by atoms with E-state index in [1.807, 2.05) is 30.3 Å². The number of methoxy groups -OCH3 is 2. The number of carbonyl (C=O) groups is 1. The molecule has 25 heavy (non-hydrogen) atoms. The molecule has 134 valence electrons. The van der Waals surface area contributed by atoms with Gasteiger partial charge in [-0.15, -0.1) is 0 Å². The molecule has 0 radical (unpaired) electrons. The van der Waals surface area contributed by atoms with E-state index in [1.165, 1.54) is 5.56 Å². The predicted molar refractivity (Wildman–Crippen MR) is 99.3 cm³/mol. The molecule has 0 aliphatic carbocycles. The summed E-state index contributed by atoms with van der Waals surface area (Å²) in [4.78, 5) is 12.0. The SMILES string of the molecule is COc1ccc(CNC(=O)NCCC(C)c2ccccc2)c(OC)c1. The van der Waals surface area contributed by atoms with Gasteiger partial charge < -0.3 is 20.1 Å². The molecular formula is C20H26N2O3. The van der Waals surface area contributed by atoms with Crippen LogP contribution >= 0.6 is 0 Å². The van der Waals surface area contributed by atoms with E-state index < -0.39 is 0 Å². The number of ether oxygens (including phenoxy) is 2. The Balaban J connectivity index is 1.76. The van der Waals surface area contributed by atoms with E-state index in [4.69, 9.17) is 9.47 Å². The number of nitrogens with one attached hydrogen (secondary N) is 2. The third-order valence-electron chi connectivity index (χ3n) is 4.17. The summed E-state index contributed by atoms with van der Waals surface area (Å²) in [5, 5.41) is 5.75. The predicted octanol–water partition coefficient (Wildman–Crippen LogP) is 3.70. The molecule has 0 aliphatic rings. The highest BCUT2D eigenvalue weighted by molar-refractivity contribution is 5.73. The molecular weight excluding hydrogens is 316 g/mol. The normalized spacial score (nSPS) is 11.5. The molecule has 0 aromatic heterocycles. The first kappa shape index (κ1) is 18.6. The standard InChI is InChI=1S/C20H26N2O3/c1-15(16-7-5-4-6-8-16)11-12-21-20(23)22-14-17-9-10-18(24-2)13-19(17)25-3/h4-10,13,15H,11-12,14H2,1-3H3,(H2,21,22,23). The third kappa shape index (κ3) is 5.71. The van der Waals surface area contributed by atoms with Crippen LogP contribution in [-0.4, -0.2) is 26.8 Å². The van der Waals surface area contributed by atoms with E-state index in [0.717, 1.165) is 17.7 Å². The Kier molecular flexibility index (Phi) is 7.14. The molecule has 0 bridgehead atoms. The highest BCUT2D eigenvalue weighted by Crippen LogP contribution is 2.24. The van der Waals surface area contributed by atoms with Crippen LogP contribution in [-0.2, 0) is 6.54 Å². The van der Waals surface area contributed by atoms with Gasteiger partial charge in [0.1, 0.15) is 11.5 Å². The van der Waals surface area contributed by atoms with E-state index >= 15 is 0 Å². The number of benzene rings is 2. The molecule has 5 nitrogen and oxygen atoms in total. The van der Waals surface area contributed by atoms with Crippen LogP contribution in [0.25, 0.3) is 0 Å². The van der Waals surface area contributed by atoms with Gasteiger partial charge in [0.25, 0.3) is 0 Å². The Labute approximate surface area is 149 Å². The zero-order valence-corrected chi connectivity index (χ0v) is 15.0. The van der Waals surface area contributed by atoms with Crippen LogP contribution in [0.5, 0.6) is 11.5 Å². The zero-order chi connectivity index (χ0) is 18.1. The number of carbonyl (C=O) groups excluding carboxylic acids is 1. The molecule has 2 rings (SSSR count). The lowest BCUT2D eigenvalue weighted by Gasteiger charge is -2.14. The minimum Gasteiger partial charge on any atom is -0.497 e. The number of hydrogen-bond acceptors (Lipinski definition) is 3. The summed E-state index contributed by atoms with van der Waals surface area (Å²) in [5.41, 5.74) is 2.18. The van der Waals surface area contributed by atoms with Crippen molar-refractivity contribution in [3.8, 4) is 11.5 Å². The fourth-order valence-electron chi connectivity index (χ4n) is 2.59. The minimum atomic E-state index is -0.182. The van der Waals surface area contributed by atoms with Crippen LogP contribution in [0.4, 0.5) is 4.79 Å². The van der Waals surface area contributed by atoms with Gasteiger partial charge in [0.2, 0.25) is 0 Å². The molecule has 0 saturated heterocycles. The van der Waals surface area contributed by atoms with Crippen molar-refractivity contribution in [2.45, 2.75) is 25.8 Å². The second-order valence-corrected chi connectivity index (χ2v) is 5.89. The maximum absolute atomic E-state index is 12.0. The summed E-state index contributed by atoms with van der Waals surface area (Å²) < 4.78 is 10.5. The molecule has 1 atom stereocenters. The van der Waals surface area contributed by atoms with Gasteiger partial charge in [-0.1, -0.05) is 37.3 Å². The molecule has 2 amide bonds. The van der Waals surface area contributed by atoms with Crippen molar-refractivity contribution < 1.29 is 14.3 Å². The van der Waals surface area contributed by atoms with E-state index in [9.17, 15) is 4.79 Å². The van der Waals surface area contributed by atoms with Crippen LogP contribution in [0.2, 0.25) is 0 Å². The van der Waals surface area contributed by atoms with E-state index in [-0.39, 0.29) is 6.03 Å². The van der Waals surface area contributed by atoms with Crippen molar-refractivity contribution in [3.63, 3.8) is 0 Å². The summed E-state index contributed by atoms with van der Waals surface area (Å²) in [6.07, 6.45) is 0.892. The van der Waals surface area contributed by atoms with Crippen LogP contribution in [0, 0.1) is 0 Å². The Morgan fingerprint density at radius 2 is 1.80 bits per heavy atom. The average Bonchev–Trinajstić information content (AvgIpc) is 2.66. The summed E-state index contributed by atoms with van der Waals surface area (Å²) >= 11 is 0. The number of urea groups is 1. The first-order valence-electron chi connectivity index (χ1n) is 8.41. The van der Waals surface area contributed by atoms with Crippen molar-refractivity contribution >= 4 is 6.03 Å². The summed E-state index contributed by atoms with van der Waals surface area (Å²) in [6, 6.07) is 15.7. The Bertz CT molecular complexity index is 674. The topological polar surface area (TPSA) is 59.6 Å². The quantitative estimate of drug-likeness (QED) is 0.769. The monoisotopic (exact) mass is 342 g/mol. The van der Waals surface area contributed by atoms with Gasteiger partial charge in [0.05, 0.1) is 14.2 Å². The van der Waals surface area contributed by atoms with Crippen molar-refractivity contribution in [2.75, 3.05) is 20.8 Å². The molecule has 5 heteroatoms. The molecule has 1 unspecified atom stereocenters. The lowest BCUT2D eigenvalue weighted by atomic mass is 9.98. The summed E-state index contributed by atoms with van der Waals surface area (Å²) in [7, 11) is 3.21. The lowest BCUT2D eigenvalue weighted by molar-refractivity contribution is 0.240. The summed E-state index contributed by atoms with van der Waals surface area (Å²) in [5.74, 6) is 1.82. The van der Waals surface area contributed by atoms with E-state index in [1.54, 1.807) is 20.3 Å². The highest BCUT2D eigenvalue weighted by atomic mass is 16.5. The molecule has 0 spiro atoms. The molecule has 2 aromatic rings. The molecule has 0 heterocycles. The van der Waals surface area contributed by atoms with Gasteiger partial charge in [0, 0.05) is 24.7 Å². The molecule has 2 N–H and O–H groups in total. The van der Waals surface area contributed by atoms with Crippen molar-refractivity contribution in [1.29, 1.82) is 0 Å². The fraction of sp³-hybridized carbons (Fsp3) is 0.350. The van der Waals surface area contributed by atoms with Gasteiger partial charge in [-0.2, -0.15) is 0 Å².